The lowest BCUT2D eigenvalue weighted by Crippen LogP contribution is -2.35. The van der Waals surface area contributed by atoms with Crippen LogP contribution in [-0.2, 0) is 12.8 Å². The van der Waals surface area contributed by atoms with Crippen LogP contribution in [0, 0.1) is 18.6 Å². The number of carbonyl (C=O) groups is 1. The molecule has 2 N–H and O–H groups in total. The van der Waals surface area contributed by atoms with E-state index < -0.39 is 23.1 Å². The van der Waals surface area contributed by atoms with Crippen molar-refractivity contribution in [3.63, 3.8) is 0 Å². The lowest BCUT2D eigenvalue weighted by atomic mass is 9.91. The molecule has 0 saturated carbocycles. The highest BCUT2D eigenvalue weighted by Crippen LogP contribution is 2.40. The number of benzene rings is 3. The highest BCUT2D eigenvalue weighted by Gasteiger charge is 2.20. The van der Waals surface area contributed by atoms with E-state index in [9.17, 15) is 13.6 Å². The Hall–Kier alpha value is -2.74. The second kappa shape index (κ2) is 10.3. The number of nitrogens with one attached hydrogen (secondary N) is 2. The fourth-order valence-electron chi connectivity index (χ4n) is 3.97. The van der Waals surface area contributed by atoms with Gasteiger partial charge >= 0.3 is 0 Å². The number of thiocarbonyl (C=S) groups is 1. The molecule has 1 aliphatic carbocycles. The van der Waals surface area contributed by atoms with Gasteiger partial charge in [-0.25, -0.2) is 8.78 Å². The number of carbonyl (C=O) groups excluding carboxylic acids is 1. The third kappa shape index (κ3) is 5.17. The molecule has 1 amide bonds. The van der Waals surface area contributed by atoms with Crippen molar-refractivity contribution in [1.29, 1.82) is 0 Å². The Labute approximate surface area is 211 Å². The predicted molar refractivity (Wildman–Crippen MR) is 134 cm³/mol. The molecule has 176 valence electrons. The third-order valence-corrected chi connectivity index (χ3v) is 6.39. The molecule has 0 aliphatic heterocycles. The highest BCUT2D eigenvalue weighted by atomic mass is 35.5. The van der Waals surface area contributed by atoms with Crippen molar-refractivity contribution in [3.05, 3.63) is 86.4 Å². The summed E-state index contributed by atoms with van der Waals surface area (Å²) in [5.41, 5.74) is 2.71. The minimum Gasteiger partial charge on any atom is -0.455 e. The Morgan fingerprint density at radius 3 is 2.35 bits per heavy atom. The summed E-state index contributed by atoms with van der Waals surface area (Å²) in [4.78, 5) is 12.2. The van der Waals surface area contributed by atoms with Gasteiger partial charge in [0.15, 0.2) is 5.11 Å². The SMILES string of the molecule is Cc1cc(NC(=S)NC(=O)c2c(F)cccc2F)cc(Cl)c1Oc1ccc(Cl)c2c1CCCC2. The highest BCUT2D eigenvalue weighted by molar-refractivity contribution is 7.80. The zero-order valence-electron chi connectivity index (χ0n) is 18.1. The topological polar surface area (TPSA) is 50.4 Å². The molecule has 9 heteroatoms. The van der Waals surface area contributed by atoms with E-state index in [4.69, 9.17) is 40.2 Å². The van der Waals surface area contributed by atoms with Crippen molar-refractivity contribution in [2.24, 2.45) is 0 Å². The van der Waals surface area contributed by atoms with Crippen LogP contribution >= 0.6 is 35.4 Å². The molecule has 0 saturated heterocycles. The number of aryl methyl sites for hydroxylation is 1. The molecule has 4 rings (SSSR count). The summed E-state index contributed by atoms with van der Waals surface area (Å²) in [7, 11) is 0. The number of hydrogen-bond donors (Lipinski definition) is 2. The van der Waals surface area contributed by atoms with Gasteiger partial charge in [0, 0.05) is 10.7 Å². The van der Waals surface area contributed by atoms with Gasteiger partial charge in [-0.2, -0.15) is 0 Å². The molecular formula is C25H20Cl2F2N2O2S. The summed E-state index contributed by atoms with van der Waals surface area (Å²) < 4.78 is 33.9. The molecule has 0 unspecified atom stereocenters. The summed E-state index contributed by atoms with van der Waals surface area (Å²) >= 11 is 18.0. The van der Waals surface area contributed by atoms with Crippen molar-refractivity contribution < 1.29 is 18.3 Å². The van der Waals surface area contributed by atoms with Crippen molar-refractivity contribution in [2.45, 2.75) is 32.6 Å². The van der Waals surface area contributed by atoms with E-state index >= 15 is 0 Å². The van der Waals surface area contributed by atoms with Crippen LogP contribution in [0.5, 0.6) is 11.5 Å². The Morgan fingerprint density at radius 2 is 1.68 bits per heavy atom. The van der Waals surface area contributed by atoms with Gasteiger partial charge in [0.2, 0.25) is 0 Å². The van der Waals surface area contributed by atoms with E-state index in [0.29, 0.717) is 16.5 Å². The number of ether oxygens (including phenoxy) is 1. The van der Waals surface area contributed by atoms with E-state index in [1.54, 1.807) is 12.1 Å². The van der Waals surface area contributed by atoms with Crippen molar-refractivity contribution in [2.75, 3.05) is 5.32 Å². The Kier molecular flexibility index (Phi) is 7.36. The van der Waals surface area contributed by atoms with E-state index in [2.05, 4.69) is 10.6 Å². The largest absolute Gasteiger partial charge is 0.455 e. The van der Waals surface area contributed by atoms with Crippen LogP contribution in [0.2, 0.25) is 10.0 Å². The van der Waals surface area contributed by atoms with Crippen LogP contribution in [0.1, 0.15) is 39.9 Å². The molecular weight excluding hydrogens is 501 g/mol. The molecule has 4 nitrogen and oxygen atoms in total. The lowest BCUT2D eigenvalue weighted by molar-refractivity contribution is 0.0969. The predicted octanol–water partition coefficient (Wildman–Crippen LogP) is 7.38. The molecule has 0 fully saturated rings. The van der Waals surface area contributed by atoms with Crippen LogP contribution in [0.4, 0.5) is 14.5 Å². The van der Waals surface area contributed by atoms with Crippen molar-refractivity contribution >= 4 is 52.1 Å². The Bertz CT molecular complexity index is 1260. The summed E-state index contributed by atoms with van der Waals surface area (Å²) in [5, 5.41) is 6.02. The second-order valence-corrected chi connectivity index (χ2v) is 9.14. The first kappa shape index (κ1) is 24.4. The first-order valence-corrected chi connectivity index (χ1v) is 11.8. The smallest absolute Gasteiger partial charge is 0.263 e. The fraction of sp³-hybridized carbons (Fsp3) is 0.200. The van der Waals surface area contributed by atoms with Gasteiger partial charge in [-0.15, -0.1) is 0 Å². The number of hydrogen-bond acceptors (Lipinski definition) is 3. The summed E-state index contributed by atoms with van der Waals surface area (Å²) in [6.07, 6.45) is 3.97. The van der Waals surface area contributed by atoms with Crippen LogP contribution in [0.15, 0.2) is 42.5 Å². The molecule has 0 bridgehead atoms. The van der Waals surface area contributed by atoms with Crippen LogP contribution < -0.4 is 15.4 Å². The molecule has 0 atom stereocenters. The van der Waals surface area contributed by atoms with E-state index in [0.717, 1.165) is 65.3 Å². The van der Waals surface area contributed by atoms with Gasteiger partial charge in [0.1, 0.15) is 28.7 Å². The average molecular weight is 521 g/mol. The Morgan fingerprint density at radius 1 is 1.00 bits per heavy atom. The zero-order chi connectivity index (χ0) is 24.4. The minimum absolute atomic E-state index is 0.136. The zero-order valence-corrected chi connectivity index (χ0v) is 20.4. The molecule has 3 aromatic rings. The lowest BCUT2D eigenvalue weighted by Gasteiger charge is -2.22. The first-order chi connectivity index (χ1) is 16.2. The number of amides is 1. The van der Waals surface area contributed by atoms with Gasteiger partial charge in [-0.3, -0.25) is 10.1 Å². The molecule has 34 heavy (non-hydrogen) atoms. The second-order valence-electron chi connectivity index (χ2n) is 7.92. The average Bonchev–Trinajstić information content (AvgIpc) is 2.77. The number of anilines is 1. The van der Waals surface area contributed by atoms with Crippen molar-refractivity contribution in [1.82, 2.24) is 5.32 Å². The standard InChI is InChI=1S/C25H20Cl2F2N2O2S/c1-13-11-14(30-25(34)31-24(32)22-19(28)7-4-8-20(22)29)12-18(27)23(13)33-21-10-9-17(26)15-5-2-3-6-16(15)21/h4,7-12H,2-3,5-6H2,1H3,(H2,30,31,32,34). The van der Waals surface area contributed by atoms with E-state index in [1.165, 1.54) is 6.07 Å². The van der Waals surface area contributed by atoms with Crippen molar-refractivity contribution in [3.8, 4) is 11.5 Å². The van der Waals surface area contributed by atoms with Gasteiger partial charge in [0.25, 0.3) is 5.91 Å². The minimum atomic E-state index is -0.997. The van der Waals surface area contributed by atoms with Gasteiger partial charge in [-0.1, -0.05) is 29.3 Å². The molecule has 0 spiro atoms. The summed E-state index contributed by atoms with van der Waals surface area (Å²) in [6, 6.07) is 10.2. The molecule has 3 aromatic carbocycles. The number of rotatable bonds is 4. The van der Waals surface area contributed by atoms with E-state index in [1.807, 2.05) is 19.1 Å². The first-order valence-electron chi connectivity index (χ1n) is 10.6. The third-order valence-electron chi connectivity index (χ3n) is 5.55. The van der Waals surface area contributed by atoms with Crippen LogP contribution in [0.25, 0.3) is 0 Å². The number of fused-ring (bicyclic) bond motifs is 1. The molecule has 0 heterocycles. The molecule has 1 aliphatic rings. The summed E-state index contributed by atoms with van der Waals surface area (Å²) in [5.74, 6) is -1.75. The van der Waals surface area contributed by atoms with E-state index in [-0.39, 0.29) is 5.11 Å². The van der Waals surface area contributed by atoms with Gasteiger partial charge in [-0.05, 0) is 97.9 Å². The molecule has 0 radical (unpaired) electrons. The maximum atomic E-state index is 13.8. The number of halogens is 4. The van der Waals surface area contributed by atoms with Crippen LogP contribution in [0.3, 0.4) is 0 Å². The molecule has 0 aromatic heterocycles. The summed E-state index contributed by atoms with van der Waals surface area (Å²) in [6.45, 7) is 1.82. The monoisotopic (exact) mass is 520 g/mol. The fourth-order valence-corrected chi connectivity index (χ4v) is 4.76. The quantitative estimate of drug-likeness (QED) is 0.352. The maximum Gasteiger partial charge on any atom is 0.263 e. The Balaban J connectivity index is 1.50. The van der Waals surface area contributed by atoms with Gasteiger partial charge < -0.3 is 10.1 Å². The normalized spacial score (nSPS) is 12.6. The maximum absolute atomic E-state index is 13.8. The van der Waals surface area contributed by atoms with Crippen LogP contribution in [-0.4, -0.2) is 11.0 Å². The van der Waals surface area contributed by atoms with Gasteiger partial charge in [0.05, 0.1) is 5.02 Å².